The predicted octanol–water partition coefficient (Wildman–Crippen LogP) is 3.86. The molecule has 1 aromatic heterocycles. The third-order valence-electron chi connectivity index (χ3n) is 3.22. The molecule has 0 unspecified atom stereocenters. The second kappa shape index (κ2) is 5.49. The Labute approximate surface area is 118 Å². The van der Waals surface area contributed by atoms with Gasteiger partial charge in [-0.05, 0) is 31.4 Å². The topological polar surface area (TPSA) is 63.3 Å². The highest BCUT2D eigenvalue weighted by Crippen LogP contribution is 2.30. The van der Waals surface area contributed by atoms with E-state index >= 15 is 0 Å². The molecule has 0 aliphatic rings. The summed E-state index contributed by atoms with van der Waals surface area (Å²) in [7, 11) is 0. The van der Waals surface area contributed by atoms with Gasteiger partial charge in [-0.1, -0.05) is 36.7 Å². The first kappa shape index (κ1) is 14.3. The van der Waals surface area contributed by atoms with Gasteiger partial charge < -0.3 is 9.63 Å². The van der Waals surface area contributed by atoms with Crippen LogP contribution in [-0.2, 0) is 6.42 Å². The van der Waals surface area contributed by atoms with Gasteiger partial charge in [0.25, 0.3) is 0 Å². The van der Waals surface area contributed by atoms with Gasteiger partial charge in [0.05, 0.1) is 0 Å². The normalized spacial score (nSPS) is 11.1. The van der Waals surface area contributed by atoms with Crippen molar-refractivity contribution in [1.82, 2.24) is 5.16 Å². The molecule has 0 bridgehead atoms. The highest BCUT2D eigenvalue weighted by Gasteiger charge is 2.24. The van der Waals surface area contributed by atoms with E-state index < -0.39 is 5.97 Å². The standard InChI is InChI=1S/C16H19NO3/c1-9(2)7-13-14(16(18)19)15(17-20-13)12-8-10(3)5-6-11(12)4/h5-6,8-9H,7H2,1-4H3,(H,18,19). The van der Waals surface area contributed by atoms with Crippen LogP contribution in [0, 0.1) is 19.8 Å². The van der Waals surface area contributed by atoms with Crippen LogP contribution >= 0.6 is 0 Å². The van der Waals surface area contributed by atoms with E-state index in [2.05, 4.69) is 5.16 Å². The number of hydrogen-bond donors (Lipinski definition) is 1. The van der Waals surface area contributed by atoms with E-state index in [-0.39, 0.29) is 5.56 Å². The van der Waals surface area contributed by atoms with Crippen molar-refractivity contribution in [1.29, 1.82) is 0 Å². The van der Waals surface area contributed by atoms with E-state index in [0.717, 1.165) is 16.7 Å². The lowest BCUT2D eigenvalue weighted by molar-refractivity contribution is 0.0695. The number of carbonyl (C=O) groups is 1. The predicted molar refractivity (Wildman–Crippen MR) is 76.9 cm³/mol. The first-order chi connectivity index (χ1) is 9.40. The molecule has 106 valence electrons. The second-order valence-corrected chi connectivity index (χ2v) is 5.55. The summed E-state index contributed by atoms with van der Waals surface area (Å²) in [5.74, 6) is -0.228. The third-order valence-corrected chi connectivity index (χ3v) is 3.22. The Balaban J connectivity index is 2.59. The lowest BCUT2D eigenvalue weighted by Crippen LogP contribution is -2.04. The van der Waals surface area contributed by atoms with Gasteiger partial charge >= 0.3 is 5.97 Å². The van der Waals surface area contributed by atoms with Crippen LogP contribution in [0.25, 0.3) is 11.3 Å². The summed E-state index contributed by atoms with van der Waals surface area (Å²) >= 11 is 0. The molecule has 0 fully saturated rings. The van der Waals surface area contributed by atoms with Crippen molar-refractivity contribution in [2.24, 2.45) is 5.92 Å². The summed E-state index contributed by atoms with van der Waals surface area (Å²) in [5.41, 5.74) is 3.49. The first-order valence-electron chi connectivity index (χ1n) is 6.69. The van der Waals surface area contributed by atoms with Crippen LogP contribution < -0.4 is 0 Å². The van der Waals surface area contributed by atoms with Crippen LogP contribution in [0.1, 0.15) is 41.1 Å². The molecule has 20 heavy (non-hydrogen) atoms. The molecule has 4 heteroatoms. The minimum absolute atomic E-state index is 0.187. The molecule has 0 aliphatic carbocycles. The maximum absolute atomic E-state index is 11.6. The monoisotopic (exact) mass is 273 g/mol. The number of aromatic nitrogens is 1. The van der Waals surface area contributed by atoms with Gasteiger partial charge in [0, 0.05) is 12.0 Å². The Morgan fingerprint density at radius 3 is 2.65 bits per heavy atom. The summed E-state index contributed by atoms with van der Waals surface area (Å²) in [5, 5.41) is 13.5. The number of aromatic carboxylic acids is 1. The number of carboxylic acid groups (broad SMARTS) is 1. The van der Waals surface area contributed by atoms with Gasteiger partial charge in [-0.2, -0.15) is 0 Å². The van der Waals surface area contributed by atoms with Crippen molar-refractivity contribution in [3.63, 3.8) is 0 Å². The number of rotatable bonds is 4. The molecule has 1 N–H and O–H groups in total. The summed E-state index contributed by atoms with van der Waals surface area (Å²) in [4.78, 5) is 11.6. The molecule has 0 aliphatic heterocycles. The van der Waals surface area contributed by atoms with Crippen molar-refractivity contribution in [2.45, 2.75) is 34.1 Å². The molecular formula is C16H19NO3. The van der Waals surface area contributed by atoms with Gasteiger partial charge in [-0.3, -0.25) is 0 Å². The zero-order valence-electron chi connectivity index (χ0n) is 12.2. The van der Waals surface area contributed by atoms with Gasteiger partial charge in [0.15, 0.2) is 5.76 Å². The Morgan fingerprint density at radius 1 is 1.35 bits per heavy atom. The molecule has 0 saturated heterocycles. The van der Waals surface area contributed by atoms with Crippen molar-refractivity contribution < 1.29 is 14.4 Å². The molecule has 0 atom stereocenters. The van der Waals surface area contributed by atoms with Gasteiger partial charge in [-0.25, -0.2) is 4.79 Å². The maximum atomic E-state index is 11.6. The lowest BCUT2D eigenvalue weighted by atomic mass is 9.97. The van der Waals surface area contributed by atoms with Crippen LogP contribution in [0.5, 0.6) is 0 Å². The second-order valence-electron chi connectivity index (χ2n) is 5.55. The largest absolute Gasteiger partial charge is 0.477 e. The summed E-state index contributed by atoms with van der Waals surface area (Å²) in [6.07, 6.45) is 0.569. The van der Waals surface area contributed by atoms with Crippen LogP contribution in [0.15, 0.2) is 22.7 Å². The minimum Gasteiger partial charge on any atom is -0.477 e. The lowest BCUT2D eigenvalue weighted by Gasteiger charge is -2.05. The van der Waals surface area contributed by atoms with Crippen LogP contribution in [0.3, 0.4) is 0 Å². The Bertz CT molecular complexity index is 641. The quantitative estimate of drug-likeness (QED) is 0.918. The van der Waals surface area contributed by atoms with Crippen LogP contribution in [-0.4, -0.2) is 16.2 Å². The fourth-order valence-electron chi connectivity index (χ4n) is 2.23. The third kappa shape index (κ3) is 2.74. The average Bonchev–Trinajstić information content (AvgIpc) is 2.75. The average molecular weight is 273 g/mol. The molecule has 1 heterocycles. The molecule has 0 spiro atoms. The zero-order valence-corrected chi connectivity index (χ0v) is 12.2. The van der Waals surface area contributed by atoms with Crippen molar-refractivity contribution in [3.05, 3.63) is 40.6 Å². The molecular weight excluding hydrogens is 254 g/mol. The van der Waals surface area contributed by atoms with Gasteiger partial charge in [-0.15, -0.1) is 0 Å². The van der Waals surface area contributed by atoms with Gasteiger partial charge in [0.1, 0.15) is 11.3 Å². The van der Waals surface area contributed by atoms with E-state index in [9.17, 15) is 9.90 Å². The number of carboxylic acids is 1. The van der Waals surface area contributed by atoms with E-state index in [0.29, 0.717) is 23.8 Å². The SMILES string of the molecule is Cc1ccc(C)c(-c2noc(CC(C)C)c2C(=O)O)c1. The molecule has 2 rings (SSSR count). The molecule has 0 amide bonds. The maximum Gasteiger partial charge on any atom is 0.341 e. The van der Waals surface area contributed by atoms with Crippen molar-refractivity contribution in [2.75, 3.05) is 0 Å². The van der Waals surface area contributed by atoms with Crippen molar-refractivity contribution >= 4 is 5.97 Å². The smallest absolute Gasteiger partial charge is 0.341 e. The molecule has 4 nitrogen and oxygen atoms in total. The number of hydrogen-bond acceptors (Lipinski definition) is 3. The fourth-order valence-corrected chi connectivity index (χ4v) is 2.23. The molecule has 0 radical (unpaired) electrons. The molecule has 2 aromatic rings. The summed E-state index contributed by atoms with van der Waals surface area (Å²) in [6, 6.07) is 5.90. The first-order valence-corrected chi connectivity index (χ1v) is 6.69. The Morgan fingerprint density at radius 2 is 2.05 bits per heavy atom. The molecule has 1 aromatic carbocycles. The minimum atomic E-state index is -0.988. The highest BCUT2D eigenvalue weighted by molar-refractivity contribution is 5.96. The fraction of sp³-hybridized carbons (Fsp3) is 0.375. The van der Waals surface area contributed by atoms with Gasteiger partial charge in [0.2, 0.25) is 0 Å². The van der Waals surface area contributed by atoms with Crippen molar-refractivity contribution in [3.8, 4) is 11.3 Å². The summed E-state index contributed by atoms with van der Waals surface area (Å²) < 4.78 is 5.29. The number of aryl methyl sites for hydroxylation is 2. The number of nitrogens with zero attached hydrogens (tertiary/aromatic N) is 1. The summed E-state index contributed by atoms with van der Waals surface area (Å²) in [6.45, 7) is 7.95. The van der Waals surface area contributed by atoms with Crippen LogP contribution in [0.2, 0.25) is 0 Å². The van der Waals surface area contributed by atoms with Crippen LogP contribution in [0.4, 0.5) is 0 Å². The van der Waals surface area contributed by atoms with E-state index in [1.807, 2.05) is 45.9 Å². The molecule has 0 saturated carbocycles. The van der Waals surface area contributed by atoms with E-state index in [1.54, 1.807) is 0 Å². The van der Waals surface area contributed by atoms with E-state index in [4.69, 9.17) is 4.52 Å². The Hall–Kier alpha value is -2.10. The number of benzene rings is 1. The Kier molecular flexibility index (Phi) is 3.93. The highest BCUT2D eigenvalue weighted by atomic mass is 16.5. The van der Waals surface area contributed by atoms with E-state index in [1.165, 1.54) is 0 Å². The zero-order chi connectivity index (χ0) is 14.9.